The second kappa shape index (κ2) is 6.49. The molecule has 0 fully saturated rings. The fourth-order valence-electron chi connectivity index (χ4n) is 2.73. The molecule has 0 spiro atoms. The van der Waals surface area contributed by atoms with Crippen molar-refractivity contribution in [3.63, 3.8) is 0 Å². The van der Waals surface area contributed by atoms with Crippen molar-refractivity contribution in [3.8, 4) is 0 Å². The van der Waals surface area contributed by atoms with Gasteiger partial charge in [-0.25, -0.2) is 5.43 Å². The molecule has 0 aliphatic heterocycles. The SMILES string of the molecule is Cc1ccc(C(=O)N/N=C/c2c(C)n(C)c3ccccc23)c(Cl)c1. The van der Waals surface area contributed by atoms with Crippen LogP contribution in [0.2, 0.25) is 5.02 Å². The molecule has 1 aromatic heterocycles. The first kappa shape index (κ1) is 16.3. The van der Waals surface area contributed by atoms with Crippen LogP contribution in [0.4, 0.5) is 0 Å². The number of hydrazone groups is 1. The number of rotatable bonds is 3. The van der Waals surface area contributed by atoms with Crippen LogP contribution in [-0.2, 0) is 7.05 Å². The Hall–Kier alpha value is -2.59. The van der Waals surface area contributed by atoms with Crippen LogP contribution in [0.5, 0.6) is 0 Å². The number of carbonyl (C=O) groups excluding carboxylic acids is 1. The molecule has 122 valence electrons. The van der Waals surface area contributed by atoms with Gasteiger partial charge in [0.2, 0.25) is 0 Å². The lowest BCUT2D eigenvalue weighted by Gasteiger charge is -2.03. The standard InChI is InChI=1S/C19H18ClN3O/c1-12-8-9-15(17(20)10-12)19(24)22-21-11-16-13(2)23(3)18-7-5-4-6-14(16)18/h4-11H,1-3H3,(H,22,24)/b21-11+. The zero-order valence-corrected chi connectivity index (χ0v) is 14.6. The van der Waals surface area contributed by atoms with E-state index < -0.39 is 0 Å². The molecule has 0 unspecified atom stereocenters. The molecule has 3 aromatic rings. The van der Waals surface area contributed by atoms with Gasteiger partial charge in [-0.05, 0) is 37.6 Å². The number of hydrogen-bond donors (Lipinski definition) is 1. The average molecular weight is 340 g/mol. The first-order valence-corrected chi connectivity index (χ1v) is 8.00. The van der Waals surface area contributed by atoms with Crippen molar-refractivity contribution in [1.82, 2.24) is 9.99 Å². The Morgan fingerprint density at radius 1 is 1.21 bits per heavy atom. The number of nitrogens with one attached hydrogen (secondary N) is 1. The summed E-state index contributed by atoms with van der Waals surface area (Å²) in [5.74, 6) is -0.325. The molecule has 0 bridgehead atoms. The molecule has 4 nitrogen and oxygen atoms in total. The molecule has 1 amide bonds. The average Bonchev–Trinajstić information content (AvgIpc) is 2.80. The predicted octanol–water partition coefficient (Wildman–Crippen LogP) is 4.21. The summed E-state index contributed by atoms with van der Waals surface area (Å²) in [5.41, 5.74) is 7.17. The van der Waals surface area contributed by atoms with E-state index in [1.54, 1.807) is 18.3 Å². The number of halogens is 1. The van der Waals surface area contributed by atoms with Crippen molar-refractivity contribution in [2.45, 2.75) is 13.8 Å². The molecule has 24 heavy (non-hydrogen) atoms. The van der Waals surface area contributed by atoms with E-state index >= 15 is 0 Å². The van der Waals surface area contributed by atoms with Crippen LogP contribution in [-0.4, -0.2) is 16.7 Å². The number of carbonyl (C=O) groups is 1. The first-order valence-electron chi connectivity index (χ1n) is 7.62. The lowest BCUT2D eigenvalue weighted by molar-refractivity contribution is 0.0955. The number of aryl methyl sites for hydroxylation is 2. The number of fused-ring (bicyclic) bond motifs is 1. The van der Waals surface area contributed by atoms with Gasteiger partial charge in [-0.3, -0.25) is 4.79 Å². The zero-order valence-electron chi connectivity index (χ0n) is 13.8. The smallest absolute Gasteiger partial charge is 0.272 e. The minimum atomic E-state index is -0.325. The monoisotopic (exact) mass is 339 g/mol. The molecule has 1 heterocycles. The molecule has 2 aromatic carbocycles. The quantitative estimate of drug-likeness (QED) is 0.564. The highest BCUT2D eigenvalue weighted by molar-refractivity contribution is 6.33. The van der Waals surface area contributed by atoms with Gasteiger partial charge in [-0.2, -0.15) is 5.10 Å². The highest BCUT2D eigenvalue weighted by atomic mass is 35.5. The van der Waals surface area contributed by atoms with Crippen molar-refractivity contribution in [3.05, 3.63) is 69.9 Å². The number of amides is 1. The number of aromatic nitrogens is 1. The van der Waals surface area contributed by atoms with Crippen molar-refractivity contribution in [2.24, 2.45) is 12.1 Å². The van der Waals surface area contributed by atoms with E-state index in [0.717, 1.165) is 27.7 Å². The summed E-state index contributed by atoms with van der Waals surface area (Å²) in [5, 5.41) is 5.63. The minimum absolute atomic E-state index is 0.325. The van der Waals surface area contributed by atoms with Crippen LogP contribution < -0.4 is 5.43 Å². The van der Waals surface area contributed by atoms with Crippen LogP contribution in [0.3, 0.4) is 0 Å². The van der Waals surface area contributed by atoms with Gasteiger partial charge in [0.15, 0.2) is 0 Å². The Balaban J connectivity index is 1.85. The van der Waals surface area contributed by atoms with Crippen molar-refractivity contribution >= 4 is 34.6 Å². The fraction of sp³-hybridized carbons (Fsp3) is 0.158. The van der Waals surface area contributed by atoms with Gasteiger partial charge < -0.3 is 4.57 Å². The van der Waals surface area contributed by atoms with Gasteiger partial charge in [0.25, 0.3) is 5.91 Å². The van der Waals surface area contributed by atoms with E-state index in [1.807, 2.05) is 45.2 Å². The summed E-state index contributed by atoms with van der Waals surface area (Å²) in [6.07, 6.45) is 1.68. The lowest BCUT2D eigenvalue weighted by Crippen LogP contribution is -2.18. The van der Waals surface area contributed by atoms with Gasteiger partial charge in [0, 0.05) is 29.2 Å². The van der Waals surface area contributed by atoms with Crippen LogP contribution in [0.15, 0.2) is 47.6 Å². The van der Waals surface area contributed by atoms with Gasteiger partial charge in [-0.1, -0.05) is 35.9 Å². The Kier molecular flexibility index (Phi) is 4.40. The van der Waals surface area contributed by atoms with Gasteiger partial charge >= 0.3 is 0 Å². The molecule has 5 heteroatoms. The third-order valence-electron chi connectivity index (χ3n) is 4.18. The van der Waals surface area contributed by atoms with Crippen molar-refractivity contribution in [2.75, 3.05) is 0 Å². The zero-order chi connectivity index (χ0) is 17.3. The number of nitrogens with zero attached hydrogens (tertiary/aromatic N) is 2. The van der Waals surface area contributed by atoms with Crippen LogP contribution in [0, 0.1) is 13.8 Å². The largest absolute Gasteiger partial charge is 0.347 e. The predicted molar refractivity (Wildman–Crippen MR) is 98.9 cm³/mol. The number of hydrogen-bond acceptors (Lipinski definition) is 2. The van der Waals surface area contributed by atoms with Crippen LogP contribution in [0.25, 0.3) is 10.9 Å². The summed E-state index contributed by atoms with van der Waals surface area (Å²) in [6, 6.07) is 13.4. The lowest BCUT2D eigenvalue weighted by atomic mass is 10.1. The molecule has 1 N–H and O–H groups in total. The Bertz CT molecular complexity index is 957. The number of para-hydroxylation sites is 1. The fourth-order valence-corrected chi connectivity index (χ4v) is 3.05. The van der Waals surface area contributed by atoms with Gasteiger partial charge in [0.05, 0.1) is 16.8 Å². The summed E-state index contributed by atoms with van der Waals surface area (Å²) >= 11 is 6.11. The van der Waals surface area contributed by atoms with Crippen molar-refractivity contribution < 1.29 is 4.79 Å². The van der Waals surface area contributed by atoms with E-state index in [9.17, 15) is 4.79 Å². The minimum Gasteiger partial charge on any atom is -0.347 e. The Labute approximate surface area is 145 Å². The third-order valence-corrected chi connectivity index (χ3v) is 4.49. The van der Waals surface area contributed by atoms with Gasteiger partial charge in [-0.15, -0.1) is 0 Å². The number of benzene rings is 2. The molecule has 0 atom stereocenters. The summed E-state index contributed by atoms with van der Waals surface area (Å²) < 4.78 is 2.11. The molecule has 0 saturated heterocycles. The maximum absolute atomic E-state index is 12.2. The molecular weight excluding hydrogens is 322 g/mol. The molecule has 0 aliphatic carbocycles. The molecule has 0 saturated carbocycles. The second-order valence-corrected chi connectivity index (χ2v) is 6.16. The van der Waals surface area contributed by atoms with E-state index in [2.05, 4.69) is 21.2 Å². The Morgan fingerprint density at radius 2 is 1.96 bits per heavy atom. The molecular formula is C19H18ClN3O. The van der Waals surface area contributed by atoms with Crippen LogP contribution >= 0.6 is 11.6 Å². The van der Waals surface area contributed by atoms with Crippen molar-refractivity contribution in [1.29, 1.82) is 0 Å². The normalized spacial score (nSPS) is 11.3. The highest BCUT2D eigenvalue weighted by Crippen LogP contribution is 2.23. The maximum atomic E-state index is 12.2. The third kappa shape index (κ3) is 2.93. The second-order valence-electron chi connectivity index (χ2n) is 5.76. The van der Waals surface area contributed by atoms with E-state index in [4.69, 9.17) is 11.6 Å². The molecule has 3 rings (SSSR count). The Morgan fingerprint density at radius 3 is 2.71 bits per heavy atom. The summed E-state index contributed by atoms with van der Waals surface area (Å²) in [6.45, 7) is 3.95. The van der Waals surface area contributed by atoms with Crippen LogP contribution in [0.1, 0.15) is 27.2 Å². The topological polar surface area (TPSA) is 46.4 Å². The molecule has 0 aliphatic rings. The maximum Gasteiger partial charge on any atom is 0.272 e. The molecule has 0 radical (unpaired) electrons. The summed E-state index contributed by atoms with van der Waals surface area (Å²) in [7, 11) is 2.01. The van der Waals surface area contributed by atoms with Gasteiger partial charge in [0.1, 0.15) is 0 Å². The summed E-state index contributed by atoms with van der Waals surface area (Å²) in [4.78, 5) is 12.2. The van der Waals surface area contributed by atoms with E-state index in [-0.39, 0.29) is 5.91 Å². The highest BCUT2D eigenvalue weighted by Gasteiger charge is 2.11. The first-order chi connectivity index (χ1) is 11.5. The van der Waals surface area contributed by atoms with E-state index in [1.165, 1.54) is 0 Å². The van der Waals surface area contributed by atoms with E-state index in [0.29, 0.717) is 10.6 Å².